The molecule has 3 aromatic rings. The number of phenols is 1. The third kappa shape index (κ3) is 2.09. The summed E-state index contributed by atoms with van der Waals surface area (Å²) in [5.74, 6) is 0.123. The predicted octanol–water partition coefficient (Wildman–Crippen LogP) is 4.29. The van der Waals surface area contributed by atoms with Gasteiger partial charge in [-0.25, -0.2) is 0 Å². The largest absolute Gasteiger partial charge is 0.506 e. The van der Waals surface area contributed by atoms with Crippen molar-refractivity contribution in [3.05, 3.63) is 70.9 Å². The smallest absolute Gasteiger partial charge is 0.171 e. The van der Waals surface area contributed by atoms with Crippen molar-refractivity contribution in [3.8, 4) is 5.75 Å². The summed E-state index contributed by atoms with van der Waals surface area (Å²) in [6.07, 6.45) is 3.32. The van der Waals surface area contributed by atoms with E-state index in [9.17, 15) is 5.11 Å². The number of hydrogen-bond donors (Lipinski definition) is 1. The minimum atomic E-state index is -0.875. The molecule has 0 saturated carbocycles. The first-order chi connectivity index (χ1) is 11.2. The van der Waals surface area contributed by atoms with Gasteiger partial charge in [0.2, 0.25) is 0 Å². The van der Waals surface area contributed by atoms with E-state index in [0.717, 1.165) is 16.5 Å². The Kier molecular flexibility index (Phi) is 3.09. The number of aromatic nitrogens is 1. The third-order valence-corrected chi connectivity index (χ3v) is 4.16. The topological polar surface area (TPSA) is 70.2 Å². The molecule has 1 aliphatic rings. The van der Waals surface area contributed by atoms with Gasteiger partial charge >= 0.3 is 0 Å². The maximum atomic E-state index is 10.1. The van der Waals surface area contributed by atoms with Crippen LogP contribution in [0.15, 0.2) is 70.2 Å². The number of hydrogen-bond acceptors (Lipinski definition) is 5. The van der Waals surface area contributed by atoms with Crippen LogP contribution < -0.4 is 0 Å². The maximum absolute atomic E-state index is 10.1. The third-order valence-electron chi connectivity index (χ3n) is 3.92. The molecule has 0 amide bonds. The molecule has 1 unspecified atom stereocenters. The summed E-state index contributed by atoms with van der Waals surface area (Å²) in [5, 5.41) is 23.6. The van der Waals surface area contributed by atoms with Crippen LogP contribution in [0.5, 0.6) is 5.75 Å². The zero-order valence-electron chi connectivity index (χ0n) is 11.9. The summed E-state index contributed by atoms with van der Waals surface area (Å²) in [6.45, 7) is 0. The van der Waals surface area contributed by atoms with Gasteiger partial charge in [0.15, 0.2) is 5.54 Å². The normalized spacial score (nSPS) is 19.5. The SMILES string of the molecule is Oc1ccc(C2(c3cccc(Cl)c3)C=NN=N2)c2cccnc12. The van der Waals surface area contributed by atoms with Crippen LogP contribution in [0.25, 0.3) is 10.9 Å². The molecule has 0 aliphatic carbocycles. The van der Waals surface area contributed by atoms with Crippen LogP contribution in [0.2, 0.25) is 5.02 Å². The molecule has 2 heterocycles. The predicted molar refractivity (Wildman–Crippen MR) is 89.0 cm³/mol. The van der Waals surface area contributed by atoms with E-state index in [0.29, 0.717) is 10.5 Å². The molecule has 112 valence electrons. The van der Waals surface area contributed by atoms with Crippen LogP contribution in [0.3, 0.4) is 0 Å². The quantitative estimate of drug-likeness (QED) is 0.764. The highest BCUT2D eigenvalue weighted by Gasteiger charge is 2.37. The zero-order chi connectivity index (χ0) is 15.9. The van der Waals surface area contributed by atoms with E-state index in [-0.39, 0.29) is 5.75 Å². The summed E-state index contributed by atoms with van der Waals surface area (Å²) in [6, 6.07) is 14.6. The van der Waals surface area contributed by atoms with Crippen molar-refractivity contribution < 1.29 is 5.11 Å². The molecule has 0 saturated heterocycles. The Hall–Kier alpha value is -2.79. The van der Waals surface area contributed by atoms with Crippen molar-refractivity contribution in [2.75, 3.05) is 0 Å². The monoisotopic (exact) mass is 322 g/mol. The molecule has 6 heteroatoms. The molecule has 5 nitrogen and oxygen atoms in total. The highest BCUT2D eigenvalue weighted by molar-refractivity contribution is 6.30. The molecular weight excluding hydrogens is 312 g/mol. The van der Waals surface area contributed by atoms with Crippen molar-refractivity contribution in [2.24, 2.45) is 15.4 Å². The molecule has 1 aliphatic heterocycles. The number of phenolic OH excluding ortho intramolecular Hbond substituents is 1. The second kappa shape index (κ2) is 5.14. The maximum Gasteiger partial charge on any atom is 0.171 e. The number of rotatable bonds is 2. The number of aromatic hydroxyl groups is 1. The summed E-state index contributed by atoms with van der Waals surface area (Å²) >= 11 is 6.15. The zero-order valence-corrected chi connectivity index (χ0v) is 12.6. The molecular formula is C17H11ClN4O. The molecule has 1 aromatic heterocycles. The van der Waals surface area contributed by atoms with Crippen molar-refractivity contribution in [3.63, 3.8) is 0 Å². The molecule has 23 heavy (non-hydrogen) atoms. The summed E-state index contributed by atoms with van der Waals surface area (Å²) in [7, 11) is 0. The molecule has 0 bridgehead atoms. The molecule has 4 rings (SSSR count). The average molecular weight is 323 g/mol. The van der Waals surface area contributed by atoms with Gasteiger partial charge in [0.25, 0.3) is 0 Å². The lowest BCUT2D eigenvalue weighted by molar-refractivity contribution is 0.480. The molecule has 1 N–H and O–H groups in total. The number of fused-ring (bicyclic) bond motifs is 1. The Bertz CT molecular complexity index is 956. The Labute approximate surface area is 137 Å². The summed E-state index contributed by atoms with van der Waals surface area (Å²) in [5.41, 5.74) is 1.33. The molecule has 1 atom stereocenters. The minimum absolute atomic E-state index is 0.123. The number of nitrogens with zero attached hydrogens (tertiary/aromatic N) is 4. The van der Waals surface area contributed by atoms with Gasteiger partial charge in [-0.15, -0.1) is 10.2 Å². The van der Waals surface area contributed by atoms with Gasteiger partial charge in [-0.2, -0.15) is 0 Å². The highest BCUT2D eigenvalue weighted by Crippen LogP contribution is 2.41. The lowest BCUT2D eigenvalue weighted by atomic mass is 9.82. The Balaban J connectivity index is 2.06. The summed E-state index contributed by atoms with van der Waals surface area (Å²) in [4.78, 5) is 4.26. The van der Waals surface area contributed by atoms with Crippen molar-refractivity contribution in [1.82, 2.24) is 4.98 Å². The van der Waals surface area contributed by atoms with E-state index in [1.165, 1.54) is 0 Å². The van der Waals surface area contributed by atoms with Crippen LogP contribution in [-0.4, -0.2) is 16.3 Å². The molecule has 0 fully saturated rings. The van der Waals surface area contributed by atoms with Gasteiger partial charge in [-0.3, -0.25) is 4.98 Å². The molecule has 0 radical (unpaired) electrons. The van der Waals surface area contributed by atoms with E-state index >= 15 is 0 Å². The van der Waals surface area contributed by atoms with Crippen LogP contribution >= 0.6 is 11.6 Å². The van der Waals surface area contributed by atoms with Crippen LogP contribution in [0.4, 0.5) is 0 Å². The van der Waals surface area contributed by atoms with Gasteiger partial charge in [0.1, 0.15) is 11.3 Å². The Morgan fingerprint density at radius 1 is 1.04 bits per heavy atom. The fourth-order valence-corrected chi connectivity index (χ4v) is 3.05. The molecule has 2 aromatic carbocycles. The average Bonchev–Trinajstić information content (AvgIpc) is 3.06. The van der Waals surface area contributed by atoms with Crippen LogP contribution in [0.1, 0.15) is 11.1 Å². The fourth-order valence-electron chi connectivity index (χ4n) is 2.86. The second-order valence-corrected chi connectivity index (χ2v) is 5.68. The van der Waals surface area contributed by atoms with Gasteiger partial charge in [0, 0.05) is 22.2 Å². The van der Waals surface area contributed by atoms with Gasteiger partial charge in [0.05, 0.1) is 6.21 Å². The van der Waals surface area contributed by atoms with E-state index in [4.69, 9.17) is 11.6 Å². The number of pyridine rings is 1. The molecule has 0 spiro atoms. The standard InChI is InChI=1S/C17H11ClN4O/c18-12-4-1-3-11(9-12)17(10-20-22-21-17)14-6-7-15(23)16-13(14)5-2-8-19-16/h1-10,23H. The van der Waals surface area contributed by atoms with Gasteiger partial charge in [-0.05, 0) is 35.1 Å². The number of benzene rings is 2. The first kappa shape index (κ1) is 13.8. The minimum Gasteiger partial charge on any atom is -0.506 e. The van der Waals surface area contributed by atoms with E-state index < -0.39 is 5.54 Å². The van der Waals surface area contributed by atoms with Gasteiger partial charge < -0.3 is 5.11 Å². The fraction of sp³-hybridized carbons (Fsp3) is 0.0588. The van der Waals surface area contributed by atoms with E-state index in [1.807, 2.05) is 36.4 Å². The highest BCUT2D eigenvalue weighted by atomic mass is 35.5. The second-order valence-electron chi connectivity index (χ2n) is 5.24. The van der Waals surface area contributed by atoms with Crippen molar-refractivity contribution in [2.45, 2.75) is 5.54 Å². The number of halogens is 1. The lowest BCUT2D eigenvalue weighted by Gasteiger charge is -2.24. The van der Waals surface area contributed by atoms with E-state index in [1.54, 1.807) is 24.5 Å². The van der Waals surface area contributed by atoms with Gasteiger partial charge in [-0.1, -0.05) is 35.9 Å². The Morgan fingerprint density at radius 3 is 2.74 bits per heavy atom. The first-order valence-electron chi connectivity index (χ1n) is 7.00. The first-order valence-corrected chi connectivity index (χ1v) is 7.38. The van der Waals surface area contributed by atoms with E-state index in [2.05, 4.69) is 20.4 Å². The summed E-state index contributed by atoms with van der Waals surface area (Å²) < 4.78 is 0. The van der Waals surface area contributed by atoms with Crippen molar-refractivity contribution in [1.29, 1.82) is 0 Å². The van der Waals surface area contributed by atoms with Crippen LogP contribution in [-0.2, 0) is 5.54 Å². The van der Waals surface area contributed by atoms with Crippen LogP contribution in [0, 0.1) is 0 Å². The lowest BCUT2D eigenvalue weighted by Crippen LogP contribution is -2.25. The Morgan fingerprint density at radius 2 is 1.96 bits per heavy atom. The van der Waals surface area contributed by atoms with Crippen molar-refractivity contribution >= 4 is 28.7 Å².